The van der Waals surface area contributed by atoms with Gasteiger partial charge >= 0.3 is 0 Å². The van der Waals surface area contributed by atoms with Crippen molar-refractivity contribution in [3.05, 3.63) is 249 Å². The Balaban J connectivity index is 1.19. The van der Waals surface area contributed by atoms with Gasteiger partial charge in [-0.15, -0.1) is 0 Å². The quantitative estimate of drug-likeness (QED) is 0.138. The lowest BCUT2D eigenvalue weighted by molar-refractivity contribution is 1.32. The minimum Gasteiger partial charge on any atom is -0.309 e. The Morgan fingerprint density at radius 2 is 0.692 bits per heavy atom. The van der Waals surface area contributed by atoms with Crippen LogP contribution in [-0.4, -0.2) is 0 Å². The lowest BCUT2D eigenvalue weighted by Crippen LogP contribution is -2.11. The van der Waals surface area contributed by atoms with Crippen molar-refractivity contribution in [3.63, 3.8) is 0 Å². The molecule has 0 aliphatic rings. The number of fused-ring (bicyclic) bond motifs is 6. The van der Waals surface area contributed by atoms with Gasteiger partial charge in [-0.3, -0.25) is 0 Å². The van der Waals surface area contributed by atoms with Crippen LogP contribution in [-0.2, 0) is 0 Å². The molecule has 0 fully saturated rings. The average Bonchev–Trinajstić information content (AvgIpc) is 3.37. The van der Waals surface area contributed by atoms with Crippen molar-refractivity contribution in [1.82, 2.24) is 0 Å². The van der Waals surface area contributed by atoms with Crippen molar-refractivity contribution in [2.24, 2.45) is 0 Å². The maximum absolute atomic E-state index is 4.16. The molecule has 0 saturated carbocycles. The first-order valence-electron chi connectivity index (χ1n) is 22.3. The van der Waals surface area contributed by atoms with Crippen LogP contribution >= 0.6 is 0 Å². The predicted octanol–water partition coefficient (Wildman–Crippen LogP) is 18.4. The second-order valence-corrected chi connectivity index (χ2v) is 16.9. The molecule has 0 amide bonds. The Bertz CT molecular complexity index is 3820. The van der Waals surface area contributed by atoms with Crippen LogP contribution in [0.5, 0.6) is 0 Å². The molecule has 0 unspecified atom stereocenters. The Morgan fingerprint density at radius 1 is 0.277 bits per heavy atom. The van der Waals surface area contributed by atoms with Crippen LogP contribution in [0, 0.1) is 0 Å². The fourth-order valence-corrected chi connectivity index (χ4v) is 10.4. The first-order chi connectivity index (χ1) is 32.2. The van der Waals surface area contributed by atoms with Crippen LogP contribution in [0.4, 0.5) is 17.1 Å². The molecule has 12 aromatic carbocycles. The van der Waals surface area contributed by atoms with Gasteiger partial charge in [-0.25, -0.2) is 0 Å². The van der Waals surface area contributed by atoms with E-state index in [1.165, 1.54) is 92.5 Å². The van der Waals surface area contributed by atoms with Gasteiger partial charge < -0.3 is 4.90 Å². The topological polar surface area (TPSA) is 3.24 Å². The molecule has 0 heterocycles. The monoisotopic (exact) mass is 825 g/mol. The lowest BCUT2D eigenvalue weighted by atomic mass is 9.84. The Labute approximate surface area is 379 Å². The van der Waals surface area contributed by atoms with Gasteiger partial charge in [-0.05, 0) is 141 Å². The highest BCUT2D eigenvalue weighted by Crippen LogP contribution is 2.51. The molecule has 0 aromatic heterocycles. The Hall–Kier alpha value is -8.52. The predicted molar refractivity (Wildman–Crippen MR) is 283 cm³/mol. The van der Waals surface area contributed by atoms with E-state index in [9.17, 15) is 0 Å². The zero-order chi connectivity index (χ0) is 43.4. The molecule has 12 aromatic rings. The summed E-state index contributed by atoms with van der Waals surface area (Å²) in [6.45, 7) is 8.24. The van der Waals surface area contributed by atoms with Gasteiger partial charge in [-0.1, -0.05) is 207 Å². The summed E-state index contributed by atoms with van der Waals surface area (Å²) < 4.78 is 0. The van der Waals surface area contributed by atoms with Gasteiger partial charge in [-0.2, -0.15) is 0 Å². The fraction of sp³-hybridized carbons (Fsp3) is 0. The highest BCUT2D eigenvalue weighted by Gasteiger charge is 2.24. The van der Waals surface area contributed by atoms with Crippen molar-refractivity contribution >= 4 is 93.8 Å². The van der Waals surface area contributed by atoms with Gasteiger partial charge in [0.2, 0.25) is 0 Å². The zero-order valence-electron chi connectivity index (χ0n) is 35.9. The molecule has 12 rings (SSSR count). The summed E-state index contributed by atoms with van der Waals surface area (Å²) in [7, 11) is 0. The molecule has 0 atom stereocenters. The third-order valence-corrected chi connectivity index (χ3v) is 13.3. The van der Waals surface area contributed by atoms with Crippen LogP contribution in [0.1, 0.15) is 11.1 Å². The van der Waals surface area contributed by atoms with Crippen molar-refractivity contribution in [1.29, 1.82) is 0 Å². The maximum Gasteiger partial charge on any atom is 0.0618 e. The first kappa shape index (κ1) is 38.2. The van der Waals surface area contributed by atoms with Crippen molar-refractivity contribution in [3.8, 4) is 33.4 Å². The molecule has 1 nitrogen and oxygen atoms in total. The van der Waals surface area contributed by atoms with E-state index in [1.807, 2.05) is 12.2 Å². The number of para-hydroxylation sites is 1. The molecule has 0 aliphatic carbocycles. The van der Waals surface area contributed by atoms with Crippen LogP contribution in [0.25, 0.3) is 110 Å². The van der Waals surface area contributed by atoms with E-state index < -0.39 is 0 Å². The molecule has 304 valence electrons. The largest absolute Gasteiger partial charge is 0.309 e. The normalized spacial score (nSPS) is 11.5. The lowest BCUT2D eigenvalue weighted by Gasteiger charge is -2.30. The van der Waals surface area contributed by atoms with Crippen molar-refractivity contribution in [2.75, 3.05) is 4.90 Å². The number of anilines is 3. The zero-order valence-corrected chi connectivity index (χ0v) is 35.9. The SMILES string of the molecule is C=Cc1ccc(-c2c3ccccc3c(N(c3ccccc3)c3ccc4c(-c5ccc6ccccc6c5)c5ccccc5c(-c5ccc6ccccc6c5)c4c3)c3ccccc23)cc1C=C. The average molecular weight is 826 g/mol. The Morgan fingerprint density at radius 3 is 1.23 bits per heavy atom. The number of hydrogen-bond donors (Lipinski definition) is 0. The van der Waals surface area contributed by atoms with E-state index in [1.54, 1.807) is 0 Å². The van der Waals surface area contributed by atoms with Gasteiger partial charge in [0.05, 0.1) is 5.69 Å². The van der Waals surface area contributed by atoms with Gasteiger partial charge in [0.1, 0.15) is 0 Å². The summed E-state index contributed by atoms with van der Waals surface area (Å²) in [6, 6.07) is 82.6. The standard InChI is InChI=1S/C64H43N/c1-3-42-30-33-48(38-43(42)4-2)62-55-26-14-16-28-58(55)64(59-29-17-15-27-56(59)62)65(51-22-6-5-7-23-51)52-36-37-57-60(41-52)63(50-35-32-45-19-9-11-21-47(45)40-50)54-25-13-12-24-53(54)61(57)49-34-31-44-18-8-10-20-46(44)39-49/h3-41H,1-2H2. The molecule has 0 bridgehead atoms. The van der Waals surface area contributed by atoms with Crippen LogP contribution in [0.3, 0.4) is 0 Å². The summed E-state index contributed by atoms with van der Waals surface area (Å²) in [6.07, 6.45) is 3.83. The smallest absolute Gasteiger partial charge is 0.0618 e. The van der Waals surface area contributed by atoms with E-state index in [0.29, 0.717) is 0 Å². The van der Waals surface area contributed by atoms with E-state index in [2.05, 4.69) is 243 Å². The van der Waals surface area contributed by atoms with Gasteiger partial charge in [0, 0.05) is 22.1 Å². The van der Waals surface area contributed by atoms with Crippen molar-refractivity contribution < 1.29 is 0 Å². The number of nitrogens with zero attached hydrogens (tertiary/aromatic N) is 1. The Kier molecular flexibility index (Phi) is 9.21. The minimum absolute atomic E-state index is 1.06. The molecule has 0 spiro atoms. The summed E-state index contributed by atoms with van der Waals surface area (Å²) >= 11 is 0. The third kappa shape index (κ3) is 6.32. The van der Waals surface area contributed by atoms with Gasteiger partial charge in [0.25, 0.3) is 0 Å². The highest BCUT2D eigenvalue weighted by molar-refractivity contribution is 6.25. The fourth-order valence-electron chi connectivity index (χ4n) is 10.4. The van der Waals surface area contributed by atoms with Crippen LogP contribution < -0.4 is 4.90 Å². The highest BCUT2D eigenvalue weighted by atomic mass is 15.1. The summed E-state index contributed by atoms with van der Waals surface area (Å²) in [5.74, 6) is 0. The number of rotatable bonds is 8. The molecule has 0 saturated heterocycles. The number of hydrogen-bond acceptors (Lipinski definition) is 1. The second kappa shape index (κ2) is 15.7. The van der Waals surface area contributed by atoms with E-state index in [4.69, 9.17) is 0 Å². The third-order valence-electron chi connectivity index (χ3n) is 13.3. The molecule has 0 radical (unpaired) electrons. The second-order valence-electron chi connectivity index (χ2n) is 16.9. The molecule has 0 N–H and O–H groups in total. The van der Waals surface area contributed by atoms with Crippen molar-refractivity contribution in [2.45, 2.75) is 0 Å². The van der Waals surface area contributed by atoms with Gasteiger partial charge in [0.15, 0.2) is 0 Å². The minimum atomic E-state index is 1.06. The number of benzene rings is 12. The molecule has 1 heteroatoms. The van der Waals surface area contributed by atoms with E-state index >= 15 is 0 Å². The summed E-state index contributed by atoms with van der Waals surface area (Å²) in [5.41, 5.74) is 12.7. The molecular formula is C64H43N. The molecule has 65 heavy (non-hydrogen) atoms. The summed E-state index contributed by atoms with van der Waals surface area (Å²) in [4.78, 5) is 2.49. The van der Waals surface area contributed by atoms with Crippen LogP contribution in [0.2, 0.25) is 0 Å². The van der Waals surface area contributed by atoms with E-state index in [-0.39, 0.29) is 0 Å². The molecular weight excluding hydrogens is 783 g/mol. The molecule has 0 aliphatic heterocycles. The van der Waals surface area contributed by atoms with Crippen LogP contribution in [0.15, 0.2) is 238 Å². The maximum atomic E-state index is 4.16. The van der Waals surface area contributed by atoms with E-state index in [0.717, 1.165) is 33.8 Å². The first-order valence-corrected chi connectivity index (χ1v) is 22.3. The summed E-state index contributed by atoms with van der Waals surface area (Å²) in [5, 5.41) is 14.5.